The largest absolute Gasteiger partial charge is 0.466 e. The zero-order valence-corrected chi connectivity index (χ0v) is 10.7. The van der Waals surface area contributed by atoms with Crippen molar-refractivity contribution in [2.24, 2.45) is 0 Å². The van der Waals surface area contributed by atoms with Crippen LogP contribution in [0, 0.1) is 0 Å². The summed E-state index contributed by atoms with van der Waals surface area (Å²) in [7, 11) is 0. The van der Waals surface area contributed by atoms with Crippen molar-refractivity contribution in [1.82, 2.24) is 10.2 Å². The third-order valence-electron chi connectivity index (χ3n) is 2.89. The molecule has 0 spiro atoms. The molecule has 1 atom stereocenters. The Morgan fingerprint density at radius 2 is 2.18 bits per heavy atom. The van der Waals surface area contributed by atoms with Gasteiger partial charge in [-0.1, -0.05) is 0 Å². The normalized spacial score (nSPS) is 18.2. The lowest BCUT2D eigenvalue weighted by Crippen LogP contribution is -2.35. The summed E-state index contributed by atoms with van der Waals surface area (Å²) in [5.41, 5.74) is 0. The maximum Gasteiger partial charge on any atom is 0.308 e. The molecule has 0 aromatic rings. The third-order valence-corrected chi connectivity index (χ3v) is 2.89. The molecular weight excluding hydrogens is 220 g/mol. The third kappa shape index (κ3) is 6.61. The van der Waals surface area contributed by atoms with E-state index in [0.717, 1.165) is 13.1 Å². The van der Waals surface area contributed by atoms with E-state index in [0.29, 0.717) is 13.2 Å². The molecule has 0 amide bonds. The molecule has 1 saturated heterocycles. The molecule has 2 N–H and O–H groups in total. The Balaban J connectivity index is 1.95. The van der Waals surface area contributed by atoms with Crippen LogP contribution in [0.15, 0.2) is 0 Å². The maximum absolute atomic E-state index is 11.1. The van der Waals surface area contributed by atoms with E-state index in [1.165, 1.54) is 25.9 Å². The van der Waals surface area contributed by atoms with E-state index in [1.54, 1.807) is 6.92 Å². The summed E-state index contributed by atoms with van der Waals surface area (Å²) in [6.45, 7) is 6.84. The van der Waals surface area contributed by atoms with Crippen molar-refractivity contribution in [1.29, 1.82) is 0 Å². The predicted octanol–water partition coefficient (Wildman–Crippen LogP) is -0.0141. The van der Waals surface area contributed by atoms with Crippen LogP contribution in [0.1, 0.15) is 26.2 Å². The minimum absolute atomic E-state index is 0.0740. The Morgan fingerprint density at radius 1 is 1.47 bits per heavy atom. The summed E-state index contributed by atoms with van der Waals surface area (Å²) in [4.78, 5) is 13.5. The van der Waals surface area contributed by atoms with Gasteiger partial charge in [0.25, 0.3) is 0 Å². The van der Waals surface area contributed by atoms with Crippen LogP contribution in [0.3, 0.4) is 0 Å². The SMILES string of the molecule is CCOC(=O)CC(O)CNCCN1CCCC1. The van der Waals surface area contributed by atoms with Crippen LogP contribution in [0.25, 0.3) is 0 Å². The second-order valence-corrected chi connectivity index (χ2v) is 4.42. The molecule has 1 rings (SSSR count). The Kier molecular flexibility index (Phi) is 7.16. The molecule has 17 heavy (non-hydrogen) atoms. The monoisotopic (exact) mass is 244 g/mol. The topological polar surface area (TPSA) is 61.8 Å². The van der Waals surface area contributed by atoms with Gasteiger partial charge >= 0.3 is 5.97 Å². The summed E-state index contributed by atoms with van der Waals surface area (Å²) < 4.78 is 4.77. The van der Waals surface area contributed by atoms with E-state index in [2.05, 4.69) is 10.2 Å². The number of hydrogen-bond donors (Lipinski definition) is 2. The number of carbonyl (C=O) groups excluding carboxylic acids is 1. The van der Waals surface area contributed by atoms with Crippen molar-refractivity contribution < 1.29 is 14.6 Å². The van der Waals surface area contributed by atoms with E-state index >= 15 is 0 Å². The first-order valence-corrected chi connectivity index (χ1v) is 6.49. The number of likely N-dealkylation sites (tertiary alicyclic amines) is 1. The molecule has 0 aromatic carbocycles. The number of nitrogens with zero attached hydrogens (tertiary/aromatic N) is 1. The average molecular weight is 244 g/mol. The van der Waals surface area contributed by atoms with Crippen LogP contribution < -0.4 is 5.32 Å². The summed E-state index contributed by atoms with van der Waals surface area (Å²) in [5, 5.41) is 12.7. The van der Waals surface area contributed by atoms with Gasteiger partial charge in [-0.3, -0.25) is 4.79 Å². The van der Waals surface area contributed by atoms with Crippen molar-refractivity contribution in [2.75, 3.05) is 39.3 Å². The highest BCUT2D eigenvalue weighted by Gasteiger charge is 2.12. The molecule has 0 saturated carbocycles. The highest BCUT2D eigenvalue weighted by atomic mass is 16.5. The van der Waals surface area contributed by atoms with Gasteiger partial charge in [0.1, 0.15) is 0 Å². The molecule has 100 valence electrons. The number of aliphatic hydroxyl groups is 1. The van der Waals surface area contributed by atoms with Gasteiger partial charge < -0.3 is 20.1 Å². The molecule has 1 aliphatic rings. The van der Waals surface area contributed by atoms with Gasteiger partial charge in [0, 0.05) is 19.6 Å². The van der Waals surface area contributed by atoms with Crippen molar-refractivity contribution >= 4 is 5.97 Å². The number of esters is 1. The standard InChI is InChI=1S/C12H24N2O3/c1-2-17-12(16)9-11(15)10-13-5-8-14-6-3-4-7-14/h11,13,15H,2-10H2,1H3. The highest BCUT2D eigenvalue weighted by molar-refractivity contribution is 5.69. The van der Waals surface area contributed by atoms with Gasteiger partial charge in [-0.15, -0.1) is 0 Å². The molecule has 0 aromatic heterocycles. The molecule has 0 radical (unpaired) electrons. The van der Waals surface area contributed by atoms with Crippen LogP contribution in [-0.2, 0) is 9.53 Å². The van der Waals surface area contributed by atoms with Gasteiger partial charge in [-0.2, -0.15) is 0 Å². The number of aliphatic hydroxyl groups excluding tert-OH is 1. The van der Waals surface area contributed by atoms with Crippen LogP contribution in [-0.4, -0.2) is 61.4 Å². The quantitative estimate of drug-likeness (QED) is 0.464. The van der Waals surface area contributed by atoms with Crippen LogP contribution in [0.5, 0.6) is 0 Å². The first-order chi connectivity index (χ1) is 8.22. The van der Waals surface area contributed by atoms with E-state index in [1.807, 2.05) is 0 Å². The Bertz CT molecular complexity index is 218. The molecule has 5 nitrogen and oxygen atoms in total. The second kappa shape index (κ2) is 8.44. The maximum atomic E-state index is 11.1. The lowest BCUT2D eigenvalue weighted by atomic mass is 10.2. The van der Waals surface area contributed by atoms with Crippen molar-refractivity contribution in [2.45, 2.75) is 32.3 Å². The minimum atomic E-state index is -0.646. The van der Waals surface area contributed by atoms with Crippen LogP contribution in [0.4, 0.5) is 0 Å². The average Bonchev–Trinajstić information content (AvgIpc) is 2.77. The minimum Gasteiger partial charge on any atom is -0.466 e. The fourth-order valence-electron chi connectivity index (χ4n) is 2.00. The van der Waals surface area contributed by atoms with E-state index < -0.39 is 6.10 Å². The predicted molar refractivity (Wildman–Crippen MR) is 65.8 cm³/mol. The van der Waals surface area contributed by atoms with Crippen molar-refractivity contribution in [3.63, 3.8) is 0 Å². The Labute approximate surface area is 103 Å². The smallest absolute Gasteiger partial charge is 0.308 e. The zero-order chi connectivity index (χ0) is 12.5. The summed E-state index contributed by atoms with van der Waals surface area (Å²) in [5.74, 6) is -0.332. The lowest BCUT2D eigenvalue weighted by molar-refractivity contribution is -0.145. The number of nitrogens with one attached hydrogen (secondary N) is 1. The van der Waals surface area contributed by atoms with Crippen LogP contribution in [0.2, 0.25) is 0 Å². The first-order valence-electron chi connectivity index (χ1n) is 6.49. The summed E-state index contributed by atoms with van der Waals surface area (Å²) in [6.07, 6.45) is 2.02. The lowest BCUT2D eigenvalue weighted by Gasteiger charge is -2.16. The van der Waals surface area contributed by atoms with Crippen molar-refractivity contribution in [3.8, 4) is 0 Å². The molecule has 1 aliphatic heterocycles. The van der Waals surface area contributed by atoms with E-state index in [9.17, 15) is 9.90 Å². The highest BCUT2D eigenvalue weighted by Crippen LogP contribution is 2.05. The van der Waals surface area contributed by atoms with E-state index in [4.69, 9.17) is 4.74 Å². The van der Waals surface area contributed by atoms with Crippen molar-refractivity contribution in [3.05, 3.63) is 0 Å². The molecule has 1 fully saturated rings. The van der Waals surface area contributed by atoms with E-state index in [-0.39, 0.29) is 12.4 Å². The number of carbonyl (C=O) groups is 1. The molecule has 5 heteroatoms. The van der Waals surface area contributed by atoms with Gasteiger partial charge in [0.15, 0.2) is 0 Å². The molecule has 0 aliphatic carbocycles. The molecule has 0 bridgehead atoms. The first kappa shape index (κ1) is 14.4. The van der Waals surface area contributed by atoms with Gasteiger partial charge in [0.05, 0.1) is 19.1 Å². The fourth-order valence-corrected chi connectivity index (χ4v) is 2.00. The number of rotatable bonds is 8. The number of hydrogen-bond acceptors (Lipinski definition) is 5. The summed E-state index contributed by atoms with van der Waals surface area (Å²) >= 11 is 0. The Hall–Kier alpha value is -0.650. The van der Waals surface area contributed by atoms with Gasteiger partial charge in [-0.05, 0) is 32.9 Å². The zero-order valence-electron chi connectivity index (χ0n) is 10.7. The molecule has 1 heterocycles. The molecule has 1 unspecified atom stereocenters. The van der Waals surface area contributed by atoms with Gasteiger partial charge in [0.2, 0.25) is 0 Å². The fraction of sp³-hybridized carbons (Fsp3) is 0.917. The number of ether oxygens (including phenoxy) is 1. The second-order valence-electron chi connectivity index (χ2n) is 4.42. The molecular formula is C12H24N2O3. The summed E-state index contributed by atoms with van der Waals surface area (Å²) in [6, 6.07) is 0. The van der Waals surface area contributed by atoms with Crippen LogP contribution >= 0.6 is 0 Å². The van der Waals surface area contributed by atoms with Gasteiger partial charge in [-0.25, -0.2) is 0 Å². The Morgan fingerprint density at radius 3 is 2.82 bits per heavy atom.